The summed E-state index contributed by atoms with van der Waals surface area (Å²) in [7, 11) is 0. The maximum Gasteiger partial charge on any atom is 0.225 e. The number of hydrogen-bond acceptors (Lipinski definition) is 3. The standard InChI is InChI=1S/C19H26N4O/c1-16(2)19(24)23-14-11-21(12-15-23)10-13-22-9-8-20-18(22)17-6-4-3-5-7-17/h3-9,16H,10-15H2,1-2H3. The van der Waals surface area contributed by atoms with E-state index in [1.165, 1.54) is 0 Å². The van der Waals surface area contributed by atoms with Crippen molar-refractivity contribution in [3.63, 3.8) is 0 Å². The number of carbonyl (C=O) groups excluding carboxylic acids is 1. The number of imidazole rings is 1. The maximum atomic E-state index is 12.0. The van der Waals surface area contributed by atoms with Gasteiger partial charge in [0, 0.05) is 63.1 Å². The van der Waals surface area contributed by atoms with Crippen LogP contribution in [0.3, 0.4) is 0 Å². The largest absolute Gasteiger partial charge is 0.340 e. The average molecular weight is 326 g/mol. The van der Waals surface area contributed by atoms with Crippen LogP contribution in [0.5, 0.6) is 0 Å². The van der Waals surface area contributed by atoms with Crippen LogP contribution in [0.2, 0.25) is 0 Å². The minimum Gasteiger partial charge on any atom is -0.340 e. The van der Waals surface area contributed by atoms with E-state index in [0.29, 0.717) is 0 Å². The monoisotopic (exact) mass is 326 g/mol. The van der Waals surface area contributed by atoms with Crippen molar-refractivity contribution in [3.05, 3.63) is 42.7 Å². The molecular weight excluding hydrogens is 300 g/mol. The Labute approximate surface area is 143 Å². The smallest absolute Gasteiger partial charge is 0.225 e. The summed E-state index contributed by atoms with van der Waals surface area (Å²) in [5.74, 6) is 1.38. The van der Waals surface area contributed by atoms with Crippen molar-refractivity contribution < 1.29 is 4.79 Å². The molecule has 2 heterocycles. The molecule has 0 radical (unpaired) electrons. The first-order chi connectivity index (χ1) is 11.6. The number of benzene rings is 1. The molecule has 1 aromatic heterocycles. The Bertz CT molecular complexity index is 657. The lowest BCUT2D eigenvalue weighted by Gasteiger charge is -2.35. The molecular formula is C19H26N4O. The second-order valence-corrected chi connectivity index (χ2v) is 6.63. The zero-order valence-corrected chi connectivity index (χ0v) is 14.6. The first kappa shape index (κ1) is 16.7. The summed E-state index contributed by atoms with van der Waals surface area (Å²) in [4.78, 5) is 21.0. The molecule has 0 unspecified atom stereocenters. The van der Waals surface area contributed by atoms with E-state index in [9.17, 15) is 4.79 Å². The molecule has 0 aliphatic carbocycles. The fourth-order valence-corrected chi connectivity index (χ4v) is 3.14. The average Bonchev–Trinajstić information content (AvgIpc) is 3.09. The lowest BCUT2D eigenvalue weighted by molar-refractivity contribution is -0.136. The van der Waals surface area contributed by atoms with Gasteiger partial charge in [0.2, 0.25) is 5.91 Å². The summed E-state index contributed by atoms with van der Waals surface area (Å²) < 4.78 is 2.21. The summed E-state index contributed by atoms with van der Waals surface area (Å²) >= 11 is 0. The zero-order chi connectivity index (χ0) is 16.9. The highest BCUT2D eigenvalue weighted by molar-refractivity contribution is 5.78. The minimum absolute atomic E-state index is 0.0935. The number of rotatable bonds is 5. The van der Waals surface area contributed by atoms with Crippen LogP contribution < -0.4 is 0 Å². The van der Waals surface area contributed by atoms with Gasteiger partial charge in [0.05, 0.1) is 0 Å². The van der Waals surface area contributed by atoms with Crippen LogP contribution >= 0.6 is 0 Å². The summed E-state index contributed by atoms with van der Waals surface area (Å²) in [6.07, 6.45) is 3.91. The van der Waals surface area contributed by atoms with Crippen molar-refractivity contribution in [2.75, 3.05) is 32.7 Å². The molecule has 3 rings (SSSR count). The molecule has 0 bridgehead atoms. The molecule has 1 aliphatic rings. The van der Waals surface area contributed by atoms with Gasteiger partial charge < -0.3 is 9.47 Å². The molecule has 1 aromatic carbocycles. The fraction of sp³-hybridized carbons (Fsp3) is 0.474. The van der Waals surface area contributed by atoms with Gasteiger partial charge in [-0.3, -0.25) is 9.69 Å². The lowest BCUT2D eigenvalue weighted by Crippen LogP contribution is -2.50. The van der Waals surface area contributed by atoms with E-state index < -0.39 is 0 Å². The number of aromatic nitrogens is 2. The minimum atomic E-state index is 0.0935. The predicted molar refractivity (Wildman–Crippen MR) is 95.5 cm³/mol. The molecule has 5 nitrogen and oxygen atoms in total. The Morgan fingerprint density at radius 3 is 2.46 bits per heavy atom. The first-order valence-electron chi connectivity index (χ1n) is 8.73. The van der Waals surface area contributed by atoms with Crippen molar-refractivity contribution in [3.8, 4) is 11.4 Å². The molecule has 2 aromatic rings. The van der Waals surface area contributed by atoms with E-state index in [1.807, 2.05) is 49.3 Å². The molecule has 1 amide bonds. The maximum absolute atomic E-state index is 12.0. The summed E-state index contributed by atoms with van der Waals surface area (Å²) in [5, 5.41) is 0. The van der Waals surface area contributed by atoms with Crippen LogP contribution in [0.15, 0.2) is 42.7 Å². The van der Waals surface area contributed by atoms with E-state index in [4.69, 9.17) is 0 Å². The van der Waals surface area contributed by atoms with Gasteiger partial charge >= 0.3 is 0 Å². The molecule has 5 heteroatoms. The number of amides is 1. The van der Waals surface area contributed by atoms with Gasteiger partial charge in [0.1, 0.15) is 5.82 Å². The first-order valence-corrected chi connectivity index (χ1v) is 8.73. The van der Waals surface area contributed by atoms with Crippen molar-refractivity contribution in [1.82, 2.24) is 19.4 Å². The van der Waals surface area contributed by atoms with E-state index >= 15 is 0 Å². The van der Waals surface area contributed by atoms with Gasteiger partial charge in [0.15, 0.2) is 0 Å². The van der Waals surface area contributed by atoms with Crippen LogP contribution in [0.4, 0.5) is 0 Å². The van der Waals surface area contributed by atoms with Gasteiger partial charge in [-0.2, -0.15) is 0 Å². The molecule has 128 valence electrons. The fourth-order valence-electron chi connectivity index (χ4n) is 3.14. The SMILES string of the molecule is CC(C)C(=O)N1CCN(CCn2ccnc2-c2ccccc2)CC1. The highest BCUT2D eigenvalue weighted by Gasteiger charge is 2.22. The van der Waals surface area contributed by atoms with Gasteiger partial charge in [-0.15, -0.1) is 0 Å². The third-order valence-electron chi connectivity index (χ3n) is 4.58. The topological polar surface area (TPSA) is 41.4 Å². The summed E-state index contributed by atoms with van der Waals surface area (Å²) in [6, 6.07) is 10.3. The van der Waals surface area contributed by atoms with E-state index in [2.05, 4.69) is 26.6 Å². The van der Waals surface area contributed by atoms with Crippen molar-refractivity contribution in [2.24, 2.45) is 5.92 Å². The third-order valence-corrected chi connectivity index (χ3v) is 4.58. The molecule has 0 atom stereocenters. The van der Waals surface area contributed by atoms with Crippen molar-refractivity contribution in [2.45, 2.75) is 20.4 Å². The molecule has 24 heavy (non-hydrogen) atoms. The van der Waals surface area contributed by atoms with Crippen LogP contribution in [0.25, 0.3) is 11.4 Å². The summed E-state index contributed by atoms with van der Waals surface area (Å²) in [5.41, 5.74) is 1.15. The second-order valence-electron chi connectivity index (χ2n) is 6.63. The van der Waals surface area contributed by atoms with Gasteiger partial charge in [-0.05, 0) is 0 Å². The van der Waals surface area contributed by atoms with Gasteiger partial charge in [0.25, 0.3) is 0 Å². The molecule has 1 aliphatic heterocycles. The third kappa shape index (κ3) is 3.85. The number of nitrogens with zero attached hydrogens (tertiary/aromatic N) is 4. The van der Waals surface area contributed by atoms with Crippen LogP contribution in [0.1, 0.15) is 13.8 Å². The Kier molecular flexibility index (Phi) is 5.30. The number of hydrogen-bond donors (Lipinski definition) is 0. The van der Waals surface area contributed by atoms with E-state index in [-0.39, 0.29) is 11.8 Å². The van der Waals surface area contributed by atoms with Gasteiger partial charge in [-0.1, -0.05) is 44.2 Å². The molecule has 1 fully saturated rings. The molecule has 0 saturated carbocycles. The molecule has 0 N–H and O–H groups in total. The Balaban J connectivity index is 1.53. The van der Waals surface area contributed by atoms with Gasteiger partial charge in [-0.25, -0.2) is 4.98 Å². The summed E-state index contributed by atoms with van der Waals surface area (Å²) in [6.45, 7) is 9.43. The molecule has 0 spiro atoms. The number of carbonyl (C=O) groups is 1. The molecule has 1 saturated heterocycles. The van der Waals surface area contributed by atoms with Crippen LogP contribution in [-0.2, 0) is 11.3 Å². The zero-order valence-electron chi connectivity index (χ0n) is 14.6. The Morgan fingerprint density at radius 2 is 1.79 bits per heavy atom. The van der Waals surface area contributed by atoms with E-state index in [0.717, 1.165) is 50.7 Å². The Morgan fingerprint density at radius 1 is 1.08 bits per heavy atom. The number of piperazine rings is 1. The predicted octanol–water partition coefficient (Wildman–Crippen LogP) is 2.35. The Hall–Kier alpha value is -2.14. The van der Waals surface area contributed by atoms with Crippen molar-refractivity contribution in [1.29, 1.82) is 0 Å². The highest BCUT2D eigenvalue weighted by Crippen LogP contribution is 2.17. The van der Waals surface area contributed by atoms with Crippen LogP contribution in [-0.4, -0.2) is 58.0 Å². The van der Waals surface area contributed by atoms with Crippen LogP contribution in [0, 0.1) is 5.92 Å². The lowest BCUT2D eigenvalue weighted by atomic mass is 10.1. The second kappa shape index (κ2) is 7.62. The quantitative estimate of drug-likeness (QED) is 0.847. The van der Waals surface area contributed by atoms with E-state index in [1.54, 1.807) is 0 Å². The van der Waals surface area contributed by atoms with Crippen molar-refractivity contribution >= 4 is 5.91 Å². The highest BCUT2D eigenvalue weighted by atomic mass is 16.2. The normalized spacial score (nSPS) is 15.9.